The summed E-state index contributed by atoms with van der Waals surface area (Å²) in [6, 6.07) is 10.6. The summed E-state index contributed by atoms with van der Waals surface area (Å²) >= 11 is -0.267. The van der Waals surface area contributed by atoms with Gasteiger partial charge in [-0.25, -0.2) is 9.78 Å². The summed E-state index contributed by atoms with van der Waals surface area (Å²) < 4.78 is 37.1. The molecule has 0 saturated carbocycles. The maximum absolute atomic E-state index is 12.4. The average Bonchev–Trinajstić information content (AvgIpc) is 3.06. The van der Waals surface area contributed by atoms with Crippen molar-refractivity contribution >= 4 is 35.2 Å². The molecule has 6 N–H and O–H groups in total. The number of thioether (sulfide) groups is 1. The van der Waals surface area contributed by atoms with Gasteiger partial charge >= 0.3 is 11.5 Å². The zero-order valence-electron chi connectivity index (χ0n) is 15.7. The van der Waals surface area contributed by atoms with Crippen molar-refractivity contribution in [2.24, 2.45) is 5.73 Å². The van der Waals surface area contributed by atoms with Crippen LogP contribution in [0.15, 0.2) is 53.4 Å². The van der Waals surface area contributed by atoms with E-state index in [2.05, 4.69) is 20.6 Å². The average molecular weight is 451 g/mol. The fraction of sp³-hybridized carbons (Fsp3) is 0.105. The van der Waals surface area contributed by atoms with Crippen molar-refractivity contribution in [3.05, 3.63) is 65.6 Å². The second-order valence-corrected chi connectivity index (χ2v) is 7.40. The summed E-state index contributed by atoms with van der Waals surface area (Å²) in [5, 5.41) is 14.2. The van der Waals surface area contributed by atoms with Crippen LogP contribution in [-0.2, 0) is 6.42 Å². The lowest BCUT2D eigenvalue weighted by Gasteiger charge is -2.08. The number of primary amides is 1. The number of aromatic nitrogens is 2. The number of aromatic amines is 1. The van der Waals surface area contributed by atoms with E-state index in [1.807, 2.05) is 0 Å². The molecule has 0 bridgehead atoms. The molecule has 12 heteroatoms. The molecule has 3 aromatic rings. The van der Waals surface area contributed by atoms with Gasteiger partial charge in [-0.15, -0.1) is 0 Å². The number of alkyl halides is 3. The zero-order chi connectivity index (χ0) is 22.6. The number of aromatic hydroxyl groups is 1. The Morgan fingerprint density at radius 2 is 1.71 bits per heavy atom. The summed E-state index contributed by atoms with van der Waals surface area (Å²) in [5.74, 6) is -0.482. The van der Waals surface area contributed by atoms with Crippen LogP contribution in [0.3, 0.4) is 0 Å². The van der Waals surface area contributed by atoms with Crippen LogP contribution in [0.5, 0.6) is 5.75 Å². The second-order valence-electron chi connectivity index (χ2n) is 6.27. The standard InChI is InChI=1S/C19H16F3N5O3S/c20-19(21,22)31-13-7-3-11(4-8-13)24-18(30)27-17-15(16(23)29)25-14(26-17)9-10-1-5-12(28)6-2-10/h1-8,28H,9H2,(H2,23,29)(H,25,26)(H2,24,27,30). The van der Waals surface area contributed by atoms with Gasteiger partial charge in [0.1, 0.15) is 17.3 Å². The lowest BCUT2D eigenvalue weighted by atomic mass is 10.1. The predicted molar refractivity (Wildman–Crippen MR) is 109 cm³/mol. The van der Waals surface area contributed by atoms with E-state index in [9.17, 15) is 27.9 Å². The molecule has 0 fully saturated rings. The molecule has 1 heterocycles. The number of phenols is 1. The number of nitrogens with two attached hydrogens (primary N) is 1. The summed E-state index contributed by atoms with van der Waals surface area (Å²) in [6.45, 7) is 0. The molecule has 0 atom stereocenters. The van der Waals surface area contributed by atoms with Crippen LogP contribution in [-0.4, -0.2) is 32.5 Å². The highest BCUT2D eigenvalue weighted by Crippen LogP contribution is 2.37. The number of urea groups is 1. The Bertz CT molecular complexity index is 1080. The van der Waals surface area contributed by atoms with Crippen LogP contribution >= 0.6 is 11.8 Å². The maximum Gasteiger partial charge on any atom is 0.446 e. The SMILES string of the molecule is NC(=O)c1[nH]c(Cc2ccc(O)cc2)nc1NC(=O)Nc1ccc(SC(F)(F)F)cc1. The Labute approximate surface area is 178 Å². The molecular formula is C19H16F3N5O3S. The first-order chi connectivity index (χ1) is 14.6. The van der Waals surface area contributed by atoms with Crippen molar-refractivity contribution in [3.8, 4) is 5.75 Å². The molecule has 8 nitrogen and oxygen atoms in total. The van der Waals surface area contributed by atoms with Crippen LogP contribution in [0.25, 0.3) is 0 Å². The first-order valence-electron chi connectivity index (χ1n) is 8.69. The van der Waals surface area contributed by atoms with Gasteiger partial charge in [0, 0.05) is 17.0 Å². The van der Waals surface area contributed by atoms with Gasteiger partial charge in [0.05, 0.1) is 0 Å². The van der Waals surface area contributed by atoms with E-state index in [4.69, 9.17) is 5.73 Å². The minimum Gasteiger partial charge on any atom is -0.508 e. The molecule has 3 rings (SSSR count). The maximum atomic E-state index is 12.4. The molecule has 0 spiro atoms. The van der Waals surface area contributed by atoms with Crippen molar-refractivity contribution in [1.82, 2.24) is 9.97 Å². The lowest BCUT2D eigenvalue weighted by Crippen LogP contribution is -2.22. The van der Waals surface area contributed by atoms with Gasteiger partial charge in [0.15, 0.2) is 5.82 Å². The molecule has 0 radical (unpaired) electrons. The summed E-state index contributed by atoms with van der Waals surface area (Å²) in [5.41, 5.74) is 1.84. The zero-order valence-corrected chi connectivity index (χ0v) is 16.5. The Morgan fingerprint density at radius 1 is 1.06 bits per heavy atom. The molecule has 2 aromatic carbocycles. The van der Waals surface area contributed by atoms with Gasteiger partial charge in [-0.1, -0.05) is 12.1 Å². The van der Waals surface area contributed by atoms with Crippen molar-refractivity contribution < 1.29 is 27.9 Å². The quantitative estimate of drug-likeness (QED) is 0.361. The molecule has 0 saturated heterocycles. The van der Waals surface area contributed by atoms with Gasteiger partial charge in [-0.2, -0.15) is 13.2 Å². The highest BCUT2D eigenvalue weighted by molar-refractivity contribution is 8.00. The van der Waals surface area contributed by atoms with Crippen molar-refractivity contribution in [2.75, 3.05) is 10.6 Å². The number of hydrogen-bond donors (Lipinski definition) is 5. The third-order valence-electron chi connectivity index (χ3n) is 3.88. The highest BCUT2D eigenvalue weighted by atomic mass is 32.2. The number of nitrogens with zero attached hydrogens (tertiary/aromatic N) is 1. The van der Waals surface area contributed by atoms with Crippen molar-refractivity contribution in [3.63, 3.8) is 0 Å². The predicted octanol–water partition coefficient (Wildman–Crippen LogP) is 4.06. The highest BCUT2D eigenvalue weighted by Gasteiger charge is 2.29. The van der Waals surface area contributed by atoms with E-state index < -0.39 is 17.4 Å². The number of halogens is 3. The molecule has 31 heavy (non-hydrogen) atoms. The fourth-order valence-electron chi connectivity index (χ4n) is 2.59. The third kappa shape index (κ3) is 6.40. The Balaban J connectivity index is 1.68. The minimum atomic E-state index is -4.41. The number of benzene rings is 2. The van der Waals surface area contributed by atoms with Crippen LogP contribution in [0.2, 0.25) is 0 Å². The lowest BCUT2D eigenvalue weighted by molar-refractivity contribution is -0.0328. The number of phenolic OH excluding ortho intramolecular Hbond substituents is 1. The summed E-state index contributed by atoms with van der Waals surface area (Å²) in [4.78, 5) is 30.8. The minimum absolute atomic E-state index is 0.0272. The number of anilines is 2. The summed E-state index contributed by atoms with van der Waals surface area (Å²) in [7, 11) is 0. The van der Waals surface area contributed by atoms with Crippen molar-refractivity contribution in [1.29, 1.82) is 0 Å². The molecule has 3 amide bonds. The largest absolute Gasteiger partial charge is 0.508 e. The molecule has 162 valence electrons. The van der Waals surface area contributed by atoms with Crippen LogP contribution in [0, 0.1) is 0 Å². The van der Waals surface area contributed by atoms with Crippen LogP contribution < -0.4 is 16.4 Å². The normalized spacial score (nSPS) is 11.2. The van der Waals surface area contributed by atoms with Gasteiger partial charge < -0.3 is 21.1 Å². The molecular weight excluding hydrogens is 435 g/mol. The van der Waals surface area contributed by atoms with Crippen LogP contribution in [0.4, 0.5) is 29.5 Å². The van der Waals surface area contributed by atoms with E-state index in [0.29, 0.717) is 5.82 Å². The van der Waals surface area contributed by atoms with Gasteiger partial charge in [-0.05, 0) is 53.7 Å². The number of carbonyl (C=O) groups excluding carboxylic acids is 2. The Kier molecular flexibility index (Phi) is 6.39. The number of H-pyrrole nitrogens is 1. The Morgan fingerprint density at radius 3 is 2.29 bits per heavy atom. The topological polar surface area (TPSA) is 133 Å². The number of hydrogen-bond acceptors (Lipinski definition) is 5. The van der Waals surface area contributed by atoms with E-state index >= 15 is 0 Å². The van der Waals surface area contributed by atoms with E-state index in [1.54, 1.807) is 12.1 Å². The molecule has 0 unspecified atom stereocenters. The second kappa shape index (κ2) is 9.00. The molecule has 0 aliphatic carbocycles. The van der Waals surface area contributed by atoms with Crippen molar-refractivity contribution in [2.45, 2.75) is 16.8 Å². The van der Waals surface area contributed by atoms with Crippen LogP contribution in [0.1, 0.15) is 21.9 Å². The Hall–Kier alpha value is -3.67. The smallest absolute Gasteiger partial charge is 0.446 e. The van der Waals surface area contributed by atoms with Gasteiger partial charge in [0.2, 0.25) is 0 Å². The number of rotatable bonds is 6. The van der Waals surface area contributed by atoms with Gasteiger partial charge in [-0.3, -0.25) is 10.1 Å². The third-order valence-corrected chi connectivity index (χ3v) is 4.62. The molecule has 0 aliphatic heterocycles. The summed E-state index contributed by atoms with van der Waals surface area (Å²) in [6.07, 6.45) is 0.280. The number of imidazole rings is 1. The number of amides is 3. The molecule has 1 aromatic heterocycles. The first kappa shape index (κ1) is 22.0. The van der Waals surface area contributed by atoms with E-state index in [1.165, 1.54) is 36.4 Å². The van der Waals surface area contributed by atoms with E-state index in [-0.39, 0.29) is 46.0 Å². The van der Waals surface area contributed by atoms with Gasteiger partial charge in [0.25, 0.3) is 5.91 Å². The number of nitrogens with one attached hydrogen (secondary N) is 3. The first-order valence-corrected chi connectivity index (χ1v) is 9.51. The molecule has 0 aliphatic rings. The van der Waals surface area contributed by atoms with E-state index in [0.717, 1.165) is 5.56 Å². The fourth-order valence-corrected chi connectivity index (χ4v) is 3.13. The number of carbonyl (C=O) groups is 2. The monoisotopic (exact) mass is 451 g/mol.